The van der Waals surface area contributed by atoms with Crippen molar-refractivity contribution in [3.05, 3.63) is 32.9 Å². The molecule has 0 aliphatic carbocycles. The monoisotopic (exact) mass is 271 g/mol. The molecule has 0 spiro atoms. The molecule has 0 amide bonds. The molecule has 1 aromatic rings. The number of alkyl halides is 3. The Balaban J connectivity index is 3.48. The van der Waals surface area contributed by atoms with E-state index in [-0.39, 0.29) is 4.47 Å². The maximum absolute atomic E-state index is 12.8. The molecule has 7 heteroatoms. The highest BCUT2D eigenvalue weighted by Gasteiger charge is 2.36. The first-order valence-corrected chi connectivity index (χ1v) is 4.05. The zero-order valence-corrected chi connectivity index (χ0v) is 7.99. The molecule has 0 bridgehead atoms. The molecule has 0 saturated heterocycles. The lowest BCUT2D eigenvalue weighted by Crippen LogP contribution is -2.06. The van der Waals surface area contributed by atoms with Crippen molar-refractivity contribution in [2.24, 2.45) is 5.18 Å². The second-order valence-corrected chi connectivity index (χ2v) is 3.29. The van der Waals surface area contributed by atoms with Gasteiger partial charge in [-0.05, 0) is 17.3 Å². The van der Waals surface area contributed by atoms with E-state index >= 15 is 0 Å². The van der Waals surface area contributed by atoms with E-state index in [9.17, 15) is 22.5 Å². The molecule has 2 nitrogen and oxygen atoms in total. The molecule has 0 unspecified atom stereocenters. The Bertz CT molecular complexity index is 377. The summed E-state index contributed by atoms with van der Waals surface area (Å²) in [6.45, 7) is 0. The molecule has 14 heavy (non-hydrogen) atoms. The molecular formula is C7H2BrF4NO. The fourth-order valence-electron chi connectivity index (χ4n) is 0.875. The van der Waals surface area contributed by atoms with Crippen LogP contribution in [0.15, 0.2) is 21.8 Å². The number of nitroso groups, excluding NO2 is 1. The molecule has 0 aliphatic heterocycles. The van der Waals surface area contributed by atoms with Gasteiger partial charge in [-0.3, -0.25) is 0 Å². The van der Waals surface area contributed by atoms with Crippen molar-refractivity contribution in [1.82, 2.24) is 0 Å². The van der Waals surface area contributed by atoms with Crippen molar-refractivity contribution in [1.29, 1.82) is 0 Å². The van der Waals surface area contributed by atoms with Gasteiger partial charge in [0, 0.05) is 4.47 Å². The van der Waals surface area contributed by atoms with Gasteiger partial charge in [0.2, 0.25) is 0 Å². The summed E-state index contributed by atoms with van der Waals surface area (Å²) in [4.78, 5) is 10.0. The zero-order chi connectivity index (χ0) is 10.9. The molecule has 0 N–H and O–H groups in total. The van der Waals surface area contributed by atoms with E-state index in [0.29, 0.717) is 6.07 Å². The van der Waals surface area contributed by atoms with Crippen molar-refractivity contribution in [3.63, 3.8) is 0 Å². The van der Waals surface area contributed by atoms with Crippen molar-refractivity contribution >= 4 is 21.6 Å². The zero-order valence-electron chi connectivity index (χ0n) is 6.40. The van der Waals surface area contributed by atoms with Crippen LogP contribution in [0.1, 0.15) is 5.56 Å². The van der Waals surface area contributed by atoms with Gasteiger partial charge in [-0.1, -0.05) is 15.9 Å². The van der Waals surface area contributed by atoms with Crippen LogP contribution in [-0.4, -0.2) is 0 Å². The minimum absolute atomic E-state index is 0.102. The summed E-state index contributed by atoms with van der Waals surface area (Å²) in [6, 6.07) is 1.34. The summed E-state index contributed by atoms with van der Waals surface area (Å²) in [5.74, 6) is -1.30. The van der Waals surface area contributed by atoms with Gasteiger partial charge >= 0.3 is 6.18 Å². The fraction of sp³-hybridized carbons (Fsp3) is 0.143. The van der Waals surface area contributed by atoms with Gasteiger partial charge in [-0.2, -0.15) is 13.2 Å². The van der Waals surface area contributed by atoms with Crippen molar-refractivity contribution < 1.29 is 17.6 Å². The molecule has 1 rings (SSSR count). The molecule has 0 fully saturated rings. The summed E-state index contributed by atoms with van der Waals surface area (Å²) in [7, 11) is 0. The van der Waals surface area contributed by atoms with Gasteiger partial charge in [0.15, 0.2) is 11.5 Å². The van der Waals surface area contributed by atoms with E-state index in [0.717, 1.165) is 6.07 Å². The standard InChI is InChI=1S/C7H2BrF4NO/c8-3-1-4(7(10,11)12)6(13-14)5(9)2-3/h1-2H. The minimum atomic E-state index is -4.80. The highest BCUT2D eigenvalue weighted by molar-refractivity contribution is 9.10. The largest absolute Gasteiger partial charge is 0.418 e. The quantitative estimate of drug-likeness (QED) is 0.561. The second kappa shape index (κ2) is 3.64. The van der Waals surface area contributed by atoms with Crippen molar-refractivity contribution in [3.8, 4) is 0 Å². The number of halogens is 5. The highest BCUT2D eigenvalue weighted by Crippen LogP contribution is 2.39. The maximum atomic E-state index is 12.8. The van der Waals surface area contributed by atoms with E-state index in [1.165, 1.54) is 0 Å². The molecule has 0 aliphatic rings. The Morgan fingerprint density at radius 1 is 1.29 bits per heavy atom. The topological polar surface area (TPSA) is 29.4 Å². The molecule has 0 aromatic heterocycles. The number of hydrogen-bond donors (Lipinski definition) is 0. The van der Waals surface area contributed by atoms with Crippen LogP contribution in [0.5, 0.6) is 0 Å². The van der Waals surface area contributed by atoms with Crippen LogP contribution in [0.25, 0.3) is 0 Å². The molecule has 0 atom stereocenters. The summed E-state index contributed by atoms with van der Waals surface area (Å²) >= 11 is 2.69. The van der Waals surface area contributed by atoms with Crippen LogP contribution in [0.2, 0.25) is 0 Å². The molecule has 76 valence electrons. The average Bonchev–Trinajstić information content (AvgIpc) is 2.01. The highest BCUT2D eigenvalue weighted by atomic mass is 79.9. The summed E-state index contributed by atoms with van der Waals surface area (Å²) < 4.78 is 49.3. The van der Waals surface area contributed by atoms with E-state index in [2.05, 4.69) is 15.9 Å². The normalized spacial score (nSPS) is 11.5. The summed E-state index contributed by atoms with van der Waals surface area (Å²) in [6.07, 6.45) is -4.80. The smallest absolute Gasteiger partial charge is 0.204 e. The lowest BCUT2D eigenvalue weighted by molar-refractivity contribution is -0.137. The molecule has 0 radical (unpaired) electrons. The van der Waals surface area contributed by atoms with Gasteiger partial charge in [-0.15, -0.1) is 4.91 Å². The van der Waals surface area contributed by atoms with Crippen LogP contribution >= 0.6 is 15.9 Å². The van der Waals surface area contributed by atoms with Crippen LogP contribution in [0.3, 0.4) is 0 Å². The van der Waals surface area contributed by atoms with Gasteiger partial charge < -0.3 is 0 Å². The predicted octanol–water partition coefficient (Wildman–Crippen LogP) is 4.00. The average molecular weight is 272 g/mol. The summed E-state index contributed by atoms with van der Waals surface area (Å²) in [5, 5.41) is 2.01. The van der Waals surface area contributed by atoms with E-state index in [4.69, 9.17) is 0 Å². The first kappa shape index (κ1) is 11.1. The van der Waals surface area contributed by atoms with Crippen molar-refractivity contribution in [2.75, 3.05) is 0 Å². The number of nitrogens with zero attached hydrogens (tertiary/aromatic N) is 1. The summed E-state index contributed by atoms with van der Waals surface area (Å²) in [5.41, 5.74) is -2.61. The predicted molar refractivity (Wildman–Crippen MR) is 44.6 cm³/mol. The number of benzene rings is 1. The van der Waals surface area contributed by atoms with Crippen LogP contribution in [0, 0.1) is 10.7 Å². The van der Waals surface area contributed by atoms with E-state index in [1.807, 2.05) is 5.18 Å². The van der Waals surface area contributed by atoms with Gasteiger partial charge in [0.05, 0.1) is 5.56 Å². The van der Waals surface area contributed by atoms with E-state index in [1.54, 1.807) is 0 Å². The molecule has 0 saturated carbocycles. The third-order valence-electron chi connectivity index (χ3n) is 1.42. The van der Waals surface area contributed by atoms with Gasteiger partial charge in [-0.25, -0.2) is 4.39 Å². The Kier molecular flexibility index (Phi) is 2.89. The first-order valence-electron chi connectivity index (χ1n) is 3.26. The van der Waals surface area contributed by atoms with Crippen LogP contribution in [-0.2, 0) is 6.18 Å². The van der Waals surface area contributed by atoms with Crippen molar-refractivity contribution in [2.45, 2.75) is 6.18 Å². The Morgan fingerprint density at radius 3 is 2.29 bits per heavy atom. The number of hydrogen-bond acceptors (Lipinski definition) is 2. The molecular weight excluding hydrogens is 270 g/mol. The fourth-order valence-corrected chi connectivity index (χ4v) is 1.30. The lowest BCUT2D eigenvalue weighted by Gasteiger charge is -2.08. The molecule has 0 heterocycles. The van der Waals surface area contributed by atoms with E-state index < -0.39 is 23.2 Å². The number of rotatable bonds is 1. The lowest BCUT2D eigenvalue weighted by atomic mass is 10.1. The molecule has 1 aromatic carbocycles. The van der Waals surface area contributed by atoms with Crippen LogP contribution in [0.4, 0.5) is 23.2 Å². The van der Waals surface area contributed by atoms with Gasteiger partial charge in [0.25, 0.3) is 0 Å². The Hall–Kier alpha value is -0.980. The second-order valence-electron chi connectivity index (χ2n) is 2.37. The first-order chi connectivity index (χ1) is 6.36. The maximum Gasteiger partial charge on any atom is 0.418 e. The van der Waals surface area contributed by atoms with Gasteiger partial charge in [0.1, 0.15) is 0 Å². The Morgan fingerprint density at radius 2 is 1.86 bits per heavy atom. The third kappa shape index (κ3) is 2.09. The van der Waals surface area contributed by atoms with Crippen LogP contribution < -0.4 is 0 Å². The third-order valence-corrected chi connectivity index (χ3v) is 1.88. The Labute approximate surface area is 84.0 Å². The minimum Gasteiger partial charge on any atom is -0.204 e. The SMILES string of the molecule is O=Nc1c(F)cc(Br)cc1C(F)(F)F.